The van der Waals surface area contributed by atoms with Gasteiger partial charge in [-0.25, -0.2) is 4.79 Å². The van der Waals surface area contributed by atoms with E-state index in [1.807, 2.05) is 19.0 Å². The number of likely N-dealkylation sites (N-methyl/N-ethyl adjacent to an activating group) is 1. The number of benzene rings is 1. The minimum Gasteiger partial charge on any atom is -0.465 e. The number of hydrogen-bond acceptors (Lipinski definition) is 5. The van der Waals surface area contributed by atoms with Crippen LogP contribution < -0.4 is 10.6 Å². The van der Waals surface area contributed by atoms with Gasteiger partial charge in [-0.05, 0) is 26.2 Å². The minimum atomic E-state index is -0.430. The summed E-state index contributed by atoms with van der Waals surface area (Å²) in [6, 6.07) is 6.92. The second-order valence-electron chi connectivity index (χ2n) is 4.54. The monoisotopic (exact) mass is 279 g/mol. The summed E-state index contributed by atoms with van der Waals surface area (Å²) >= 11 is 0. The first-order valence-electron chi connectivity index (χ1n) is 6.37. The number of ether oxygens (including phenoxy) is 1. The van der Waals surface area contributed by atoms with Crippen molar-refractivity contribution in [3.05, 3.63) is 29.8 Å². The number of nitrogens with one attached hydrogen (secondary N) is 2. The van der Waals surface area contributed by atoms with Crippen LogP contribution in [0.2, 0.25) is 0 Å². The van der Waals surface area contributed by atoms with Gasteiger partial charge in [0.25, 0.3) is 0 Å². The number of carbonyl (C=O) groups is 2. The molecule has 1 aromatic rings. The highest BCUT2D eigenvalue weighted by Gasteiger charge is 2.11. The molecule has 0 aromatic heterocycles. The number of hydrogen-bond donors (Lipinski definition) is 2. The van der Waals surface area contributed by atoms with Crippen molar-refractivity contribution in [2.75, 3.05) is 46.2 Å². The third kappa shape index (κ3) is 5.27. The Hall–Kier alpha value is -2.08. The summed E-state index contributed by atoms with van der Waals surface area (Å²) < 4.78 is 4.69. The van der Waals surface area contributed by atoms with E-state index in [0.29, 0.717) is 17.8 Å². The highest BCUT2D eigenvalue weighted by molar-refractivity contribution is 5.96. The Morgan fingerprint density at radius 3 is 2.60 bits per heavy atom. The molecule has 0 aliphatic rings. The Morgan fingerprint density at radius 1 is 1.25 bits per heavy atom. The van der Waals surface area contributed by atoms with E-state index < -0.39 is 5.97 Å². The van der Waals surface area contributed by atoms with Crippen molar-refractivity contribution in [2.45, 2.75) is 0 Å². The second-order valence-corrected chi connectivity index (χ2v) is 4.54. The molecule has 6 nitrogen and oxygen atoms in total. The van der Waals surface area contributed by atoms with Gasteiger partial charge < -0.3 is 20.3 Å². The number of anilines is 1. The maximum absolute atomic E-state index is 11.6. The van der Waals surface area contributed by atoms with E-state index in [2.05, 4.69) is 15.4 Å². The minimum absolute atomic E-state index is 0.113. The zero-order valence-electron chi connectivity index (χ0n) is 12.1. The lowest BCUT2D eigenvalue weighted by Crippen LogP contribution is -2.35. The average Bonchev–Trinajstić information content (AvgIpc) is 2.44. The van der Waals surface area contributed by atoms with E-state index >= 15 is 0 Å². The average molecular weight is 279 g/mol. The van der Waals surface area contributed by atoms with Gasteiger partial charge >= 0.3 is 5.97 Å². The van der Waals surface area contributed by atoms with Crippen LogP contribution in [0.5, 0.6) is 0 Å². The van der Waals surface area contributed by atoms with Crippen LogP contribution >= 0.6 is 0 Å². The van der Waals surface area contributed by atoms with Crippen LogP contribution in [-0.4, -0.2) is 57.6 Å². The number of carbonyl (C=O) groups excluding carboxylic acids is 2. The Kier molecular flexibility index (Phi) is 6.52. The van der Waals surface area contributed by atoms with Crippen LogP contribution in [0.1, 0.15) is 10.4 Å². The van der Waals surface area contributed by atoms with Gasteiger partial charge in [0.1, 0.15) is 0 Å². The lowest BCUT2D eigenvalue weighted by Gasteiger charge is -2.12. The molecule has 0 unspecified atom stereocenters. The van der Waals surface area contributed by atoms with Gasteiger partial charge in [-0.1, -0.05) is 12.1 Å². The zero-order chi connectivity index (χ0) is 15.0. The molecule has 0 radical (unpaired) electrons. The molecule has 0 atom stereocenters. The van der Waals surface area contributed by atoms with Crippen molar-refractivity contribution >= 4 is 17.6 Å². The van der Waals surface area contributed by atoms with Crippen molar-refractivity contribution in [2.24, 2.45) is 0 Å². The van der Waals surface area contributed by atoms with Gasteiger partial charge in [0.05, 0.1) is 19.2 Å². The van der Waals surface area contributed by atoms with Crippen molar-refractivity contribution in [1.29, 1.82) is 0 Å². The normalized spacial score (nSPS) is 10.2. The molecule has 20 heavy (non-hydrogen) atoms. The highest BCUT2D eigenvalue weighted by atomic mass is 16.5. The predicted octanol–water partition coefficient (Wildman–Crippen LogP) is 0.563. The Morgan fingerprint density at radius 2 is 1.95 bits per heavy atom. The fourth-order valence-corrected chi connectivity index (χ4v) is 1.58. The molecule has 0 aliphatic carbocycles. The van der Waals surface area contributed by atoms with E-state index in [1.165, 1.54) is 7.11 Å². The van der Waals surface area contributed by atoms with Crippen molar-refractivity contribution < 1.29 is 14.3 Å². The van der Waals surface area contributed by atoms with Crippen LogP contribution in [0.15, 0.2) is 24.3 Å². The molecule has 0 saturated heterocycles. The summed E-state index contributed by atoms with van der Waals surface area (Å²) in [5.74, 6) is -0.548. The molecule has 2 N–H and O–H groups in total. The molecule has 110 valence electrons. The molecule has 0 aliphatic heterocycles. The molecule has 6 heteroatoms. The molecular formula is C14H21N3O3. The van der Waals surface area contributed by atoms with Crippen LogP contribution in [0.4, 0.5) is 5.69 Å². The van der Waals surface area contributed by atoms with E-state index in [9.17, 15) is 9.59 Å². The van der Waals surface area contributed by atoms with E-state index in [-0.39, 0.29) is 12.5 Å². The first-order chi connectivity index (χ1) is 9.54. The number of para-hydroxylation sites is 1. The number of amides is 1. The molecule has 1 rings (SSSR count). The van der Waals surface area contributed by atoms with Gasteiger partial charge in [0, 0.05) is 18.8 Å². The van der Waals surface area contributed by atoms with Crippen molar-refractivity contribution in [3.8, 4) is 0 Å². The summed E-state index contributed by atoms with van der Waals surface area (Å²) in [7, 11) is 5.21. The fraction of sp³-hybridized carbons (Fsp3) is 0.429. The van der Waals surface area contributed by atoms with Gasteiger partial charge in [-0.2, -0.15) is 0 Å². The molecule has 0 spiro atoms. The van der Waals surface area contributed by atoms with Crippen LogP contribution in [0.3, 0.4) is 0 Å². The van der Waals surface area contributed by atoms with E-state index in [0.717, 1.165) is 6.54 Å². The third-order valence-electron chi connectivity index (χ3n) is 2.65. The summed E-state index contributed by atoms with van der Waals surface area (Å²) in [6.07, 6.45) is 0. The number of rotatable bonds is 7. The quantitative estimate of drug-likeness (QED) is 0.714. The second kappa shape index (κ2) is 8.16. The van der Waals surface area contributed by atoms with Gasteiger partial charge in [-0.15, -0.1) is 0 Å². The van der Waals surface area contributed by atoms with Gasteiger partial charge in [0.2, 0.25) is 5.91 Å². The van der Waals surface area contributed by atoms with Crippen LogP contribution in [-0.2, 0) is 9.53 Å². The Balaban J connectivity index is 2.49. The van der Waals surface area contributed by atoms with Crippen molar-refractivity contribution in [1.82, 2.24) is 10.2 Å². The maximum Gasteiger partial charge on any atom is 0.339 e. The van der Waals surface area contributed by atoms with Gasteiger partial charge in [0.15, 0.2) is 0 Å². The lowest BCUT2D eigenvalue weighted by molar-refractivity contribution is -0.119. The smallest absolute Gasteiger partial charge is 0.339 e. The number of esters is 1. The molecule has 0 bridgehead atoms. The van der Waals surface area contributed by atoms with E-state index in [1.54, 1.807) is 24.3 Å². The van der Waals surface area contributed by atoms with Crippen LogP contribution in [0, 0.1) is 0 Å². The Labute approximate surface area is 119 Å². The summed E-state index contributed by atoms with van der Waals surface area (Å²) in [5, 5.41) is 5.73. The molecular weight excluding hydrogens is 258 g/mol. The SMILES string of the molecule is COC(=O)c1ccccc1NCC(=O)NCCN(C)C. The number of methoxy groups -OCH3 is 1. The zero-order valence-corrected chi connectivity index (χ0v) is 12.1. The van der Waals surface area contributed by atoms with E-state index in [4.69, 9.17) is 0 Å². The third-order valence-corrected chi connectivity index (χ3v) is 2.65. The first-order valence-corrected chi connectivity index (χ1v) is 6.37. The van der Waals surface area contributed by atoms with Crippen LogP contribution in [0.25, 0.3) is 0 Å². The standard InChI is InChI=1S/C14H21N3O3/c1-17(2)9-8-15-13(18)10-16-12-7-5-4-6-11(12)14(19)20-3/h4-7,16H,8-10H2,1-3H3,(H,15,18). The first kappa shape index (κ1) is 16.0. The number of nitrogens with zero attached hydrogens (tertiary/aromatic N) is 1. The lowest BCUT2D eigenvalue weighted by atomic mass is 10.2. The van der Waals surface area contributed by atoms with Crippen molar-refractivity contribution in [3.63, 3.8) is 0 Å². The topological polar surface area (TPSA) is 70.7 Å². The molecule has 1 aromatic carbocycles. The molecule has 0 fully saturated rings. The molecule has 0 heterocycles. The molecule has 0 saturated carbocycles. The highest BCUT2D eigenvalue weighted by Crippen LogP contribution is 2.15. The largest absolute Gasteiger partial charge is 0.465 e. The Bertz CT molecular complexity index is 461. The fourth-order valence-electron chi connectivity index (χ4n) is 1.58. The predicted molar refractivity (Wildman–Crippen MR) is 77.8 cm³/mol. The summed E-state index contributed by atoms with van der Waals surface area (Å²) in [4.78, 5) is 25.2. The maximum atomic E-state index is 11.6. The molecule has 1 amide bonds. The summed E-state index contributed by atoms with van der Waals surface area (Å²) in [6.45, 7) is 1.48. The summed E-state index contributed by atoms with van der Waals surface area (Å²) in [5.41, 5.74) is 0.998. The van der Waals surface area contributed by atoms with Gasteiger partial charge in [-0.3, -0.25) is 4.79 Å².